The Balaban J connectivity index is 1.90. The number of fused-ring (bicyclic) bond motifs is 1. The van der Waals surface area contributed by atoms with Crippen molar-refractivity contribution in [3.05, 3.63) is 47.5 Å². The summed E-state index contributed by atoms with van der Waals surface area (Å²) in [7, 11) is 1.98. The van der Waals surface area contributed by atoms with E-state index in [1.54, 1.807) is 6.33 Å². The molecule has 4 heteroatoms. The van der Waals surface area contributed by atoms with Gasteiger partial charge in [-0.1, -0.05) is 31.2 Å². The molecular formula is C17H24N4. The van der Waals surface area contributed by atoms with Gasteiger partial charge in [0.15, 0.2) is 0 Å². The molecule has 1 N–H and O–H groups in total. The van der Waals surface area contributed by atoms with Crippen LogP contribution in [0.3, 0.4) is 0 Å². The first kappa shape index (κ1) is 14.3. The van der Waals surface area contributed by atoms with Crippen LogP contribution in [0.2, 0.25) is 0 Å². The van der Waals surface area contributed by atoms with Gasteiger partial charge in [0.2, 0.25) is 0 Å². The summed E-state index contributed by atoms with van der Waals surface area (Å²) >= 11 is 0. The summed E-state index contributed by atoms with van der Waals surface area (Å²) in [6, 6.07) is 9.31. The maximum atomic E-state index is 4.42. The Kier molecular flexibility index (Phi) is 4.34. The molecule has 4 nitrogen and oxygen atoms in total. The monoisotopic (exact) mass is 284 g/mol. The van der Waals surface area contributed by atoms with Crippen LogP contribution < -0.4 is 5.32 Å². The summed E-state index contributed by atoms with van der Waals surface area (Å²) in [4.78, 5) is 4.42. The first-order valence-corrected chi connectivity index (χ1v) is 7.93. The Bertz CT molecular complexity index is 590. The maximum Gasteiger partial charge on any atom is 0.138 e. The molecule has 1 aliphatic rings. The first-order chi connectivity index (χ1) is 10.3. The van der Waals surface area contributed by atoms with Crippen LogP contribution >= 0.6 is 0 Å². The van der Waals surface area contributed by atoms with Crippen molar-refractivity contribution in [3.8, 4) is 0 Å². The molecular weight excluding hydrogens is 260 g/mol. The number of rotatable bonds is 4. The molecule has 2 aromatic rings. The van der Waals surface area contributed by atoms with Gasteiger partial charge in [0.1, 0.15) is 12.2 Å². The molecule has 0 aliphatic heterocycles. The first-order valence-electron chi connectivity index (χ1n) is 7.93. The Morgan fingerprint density at radius 2 is 2.19 bits per heavy atom. The van der Waals surface area contributed by atoms with Gasteiger partial charge in [-0.2, -0.15) is 5.10 Å². The van der Waals surface area contributed by atoms with Gasteiger partial charge in [-0.3, -0.25) is 4.68 Å². The lowest BCUT2D eigenvalue weighted by Crippen LogP contribution is -2.30. The summed E-state index contributed by atoms with van der Waals surface area (Å²) in [6.45, 7) is 3.18. The SMILES string of the molecule is CCNC1c2ccccc2CCCC1Cc1ncnn1C. The summed E-state index contributed by atoms with van der Waals surface area (Å²) < 4.78 is 1.90. The lowest BCUT2D eigenvalue weighted by Gasteiger charge is -2.27. The third-order valence-electron chi connectivity index (χ3n) is 4.56. The molecule has 112 valence electrons. The number of nitrogens with zero attached hydrogens (tertiary/aromatic N) is 3. The second-order valence-electron chi connectivity index (χ2n) is 5.89. The van der Waals surface area contributed by atoms with E-state index in [2.05, 4.69) is 46.6 Å². The lowest BCUT2D eigenvalue weighted by atomic mass is 9.88. The van der Waals surface area contributed by atoms with Crippen molar-refractivity contribution >= 4 is 0 Å². The van der Waals surface area contributed by atoms with Crippen molar-refractivity contribution in [3.63, 3.8) is 0 Å². The molecule has 21 heavy (non-hydrogen) atoms. The third-order valence-corrected chi connectivity index (χ3v) is 4.56. The second-order valence-corrected chi connectivity index (χ2v) is 5.89. The van der Waals surface area contributed by atoms with E-state index in [-0.39, 0.29) is 0 Å². The van der Waals surface area contributed by atoms with Crippen LogP contribution in [-0.4, -0.2) is 21.3 Å². The van der Waals surface area contributed by atoms with E-state index in [4.69, 9.17) is 0 Å². The van der Waals surface area contributed by atoms with E-state index < -0.39 is 0 Å². The van der Waals surface area contributed by atoms with Crippen molar-refractivity contribution in [2.45, 2.75) is 38.6 Å². The fourth-order valence-electron chi connectivity index (χ4n) is 3.50. The quantitative estimate of drug-likeness (QED) is 0.878. The highest BCUT2D eigenvalue weighted by molar-refractivity contribution is 5.32. The van der Waals surface area contributed by atoms with Gasteiger partial charge in [-0.15, -0.1) is 0 Å². The summed E-state index contributed by atoms with van der Waals surface area (Å²) in [5, 5.41) is 7.91. The van der Waals surface area contributed by atoms with Crippen molar-refractivity contribution < 1.29 is 0 Å². The molecule has 2 atom stereocenters. The Hall–Kier alpha value is -1.68. The predicted molar refractivity (Wildman–Crippen MR) is 84.0 cm³/mol. The Morgan fingerprint density at radius 1 is 1.33 bits per heavy atom. The summed E-state index contributed by atoms with van der Waals surface area (Å²) in [6.07, 6.45) is 6.32. The second kappa shape index (κ2) is 6.39. The highest BCUT2D eigenvalue weighted by Crippen LogP contribution is 2.34. The zero-order chi connectivity index (χ0) is 14.7. The molecule has 0 radical (unpaired) electrons. The minimum absolute atomic E-state index is 0.422. The van der Waals surface area contributed by atoms with E-state index in [1.807, 2.05) is 11.7 Å². The molecule has 2 unspecified atom stereocenters. The number of aromatic nitrogens is 3. The molecule has 0 bridgehead atoms. The highest BCUT2D eigenvalue weighted by Gasteiger charge is 2.28. The summed E-state index contributed by atoms with van der Waals surface area (Å²) in [5.74, 6) is 1.67. The molecule has 1 aromatic heterocycles. The third kappa shape index (κ3) is 3.00. The van der Waals surface area contributed by atoms with Crippen LogP contribution in [-0.2, 0) is 19.9 Å². The van der Waals surface area contributed by atoms with E-state index >= 15 is 0 Å². The Labute approximate surface area is 126 Å². The maximum absolute atomic E-state index is 4.42. The number of benzene rings is 1. The van der Waals surface area contributed by atoms with Crippen molar-refractivity contribution in [1.29, 1.82) is 0 Å². The number of hydrogen-bond donors (Lipinski definition) is 1. The fourth-order valence-corrected chi connectivity index (χ4v) is 3.50. The van der Waals surface area contributed by atoms with Crippen LogP contribution in [0.25, 0.3) is 0 Å². The molecule has 0 spiro atoms. The van der Waals surface area contributed by atoms with Gasteiger partial charge in [0, 0.05) is 19.5 Å². The average molecular weight is 284 g/mol. The van der Waals surface area contributed by atoms with E-state index in [0.717, 1.165) is 18.8 Å². The van der Waals surface area contributed by atoms with Crippen molar-refractivity contribution in [2.24, 2.45) is 13.0 Å². The van der Waals surface area contributed by atoms with Gasteiger partial charge >= 0.3 is 0 Å². The average Bonchev–Trinajstić information content (AvgIpc) is 2.81. The number of nitrogens with one attached hydrogen (secondary N) is 1. The summed E-state index contributed by atoms with van der Waals surface area (Å²) in [5.41, 5.74) is 2.98. The van der Waals surface area contributed by atoms with Gasteiger partial charge in [-0.25, -0.2) is 4.98 Å². The van der Waals surface area contributed by atoms with Gasteiger partial charge in [0.25, 0.3) is 0 Å². The normalized spacial score (nSPS) is 21.8. The smallest absolute Gasteiger partial charge is 0.138 e. The molecule has 1 aromatic carbocycles. The molecule has 1 aliphatic carbocycles. The van der Waals surface area contributed by atoms with Gasteiger partial charge in [0.05, 0.1) is 0 Å². The standard InChI is InChI=1S/C17H24N4/c1-3-18-17-14(11-16-19-12-20-21(16)2)9-6-8-13-7-4-5-10-15(13)17/h4-5,7,10,12,14,17-18H,3,6,8-9,11H2,1-2H3. The predicted octanol–water partition coefficient (Wildman–Crippen LogP) is 2.66. The van der Waals surface area contributed by atoms with Crippen LogP contribution in [0.4, 0.5) is 0 Å². The largest absolute Gasteiger partial charge is 0.310 e. The van der Waals surface area contributed by atoms with Gasteiger partial charge < -0.3 is 5.32 Å². The highest BCUT2D eigenvalue weighted by atomic mass is 15.3. The molecule has 0 saturated heterocycles. The van der Waals surface area contributed by atoms with Crippen LogP contribution in [0.1, 0.15) is 42.8 Å². The Morgan fingerprint density at radius 3 is 2.95 bits per heavy atom. The molecule has 0 amide bonds. The zero-order valence-corrected chi connectivity index (χ0v) is 12.9. The van der Waals surface area contributed by atoms with Crippen molar-refractivity contribution in [1.82, 2.24) is 20.1 Å². The van der Waals surface area contributed by atoms with E-state index in [0.29, 0.717) is 12.0 Å². The van der Waals surface area contributed by atoms with E-state index in [1.165, 1.54) is 30.4 Å². The molecule has 3 rings (SSSR count). The fraction of sp³-hybridized carbons (Fsp3) is 0.529. The van der Waals surface area contributed by atoms with Crippen LogP contribution in [0.5, 0.6) is 0 Å². The molecule has 0 fully saturated rings. The number of aryl methyl sites for hydroxylation is 2. The molecule has 0 saturated carbocycles. The number of hydrogen-bond acceptors (Lipinski definition) is 3. The minimum Gasteiger partial charge on any atom is -0.310 e. The zero-order valence-electron chi connectivity index (χ0n) is 12.9. The minimum atomic E-state index is 0.422. The lowest BCUT2D eigenvalue weighted by molar-refractivity contribution is 0.337. The van der Waals surface area contributed by atoms with Crippen molar-refractivity contribution in [2.75, 3.05) is 6.54 Å². The van der Waals surface area contributed by atoms with Crippen LogP contribution in [0, 0.1) is 5.92 Å². The van der Waals surface area contributed by atoms with Gasteiger partial charge in [-0.05, 0) is 42.9 Å². The topological polar surface area (TPSA) is 42.7 Å². The van der Waals surface area contributed by atoms with E-state index in [9.17, 15) is 0 Å². The molecule has 1 heterocycles. The van der Waals surface area contributed by atoms with Crippen LogP contribution in [0.15, 0.2) is 30.6 Å².